The summed E-state index contributed by atoms with van der Waals surface area (Å²) in [5.74, 6) is 0.715. The molecule has 0 unspecified atom stereocenters. The summed E-state index contributed by atoms with van der Waals surface area (Å²) in [6, 6.07) is 9.78. The quantitative estimate of drug-likeness (QED) is 0.807. The fourth-order valence-corrected chi connectivity index (χ4v) is 2.81. The Balaban J connectivity index is 1.90. The van der Waals surface area contributed by atoms with Gasteiger partial charge in [-0.3, -0.25) is 4.79 Å². The van der Waals surface area contributed by atoms with E-state index in [1.54, 1.807) is 0 Å². The van der Waals surface area contributed by atoms with Crippen LogP contribution < -0.4 is 5.32 Å². The van der Waals surface area contributed by atoms with Crippen LogP contribution in [0.4, 0.5) is 0 Å². The van der Waals surface area contributed by atoms with Crippen LogP contribution in [0.25, 0.3) is 0 Å². The Morgan fingerprint density at radius 1 is 1.11 bits per heavy atom. The van der Waals surface area contributed by atoms with Gasteiger partial charge in [0.25, 0.3) is 5.91 Å². The SMILES string of the molecule is C[C@@H](NC(=O)c1ccccc1)C1CCCCCC1. The molecule has 0 bridgehead atoms. The number of carbonyl (C=O) groups excluding carboxylic acids is 1. The van der Waals surface area contributed by atoms with Gasteiger partial charge < -0.3 is 5.32 Å². The Kier molecular flexibility index (Phi) is 4.80. The molecule has 1 saturated carbocycles. The van der Waals surface area contributed by atoms with E-state index in [9.17, 15) is 4.79 Å². The van der Waals surface area contributed by atoms with Gasteiger partial charge in [-0.25, -0.2) is 0 Å². The Hall–Kier alpha value is -1.31. The maximum Gasteiger partial charge on any atom is 0.251 e. The molecule has 1 atom stereocenters. The van der Waals surface area contributed by atoms with Crippen molar-refractivity contribution in [2.24, 2.45) is 5.92 Å². The summed E-state index contributed by atoms with van der Waals surface area (Å²) in [5.41, 5.74) is 0.762. The highest BCUT2D eigenvalue weighted by atomic mass is 16.1. The highest BCUT2D eigenvalue weighted by molar-refractivity contribution is 5.94. The van der Waals surface area contributed by atoms with Gasteiger partial charge in [0, 0.05) is 11.6 Å². The lowest BCUT2D eigenvalue weighted by Crippen LogP contribution is -2.38. The summed E-state index contributed by atoms with van der Waals surface area (Å²) in [7, 11) is 0. The van der Waals surface area contributed by atoms with Crippen LogP contribution in [0.5, 0.6) is 0 Å². The zero-order valence-corrected chi connectivity index (χ0v) is 11.2. The lowest BCUT2D eigenvalue weighted by atomic mass is 9.93. The minimum absolute atomic E-state index is 0.0624. The highest BCUT2D eigenvalue weighted by Gasteiger charge is 2.20. The number of benzene rings is 1. The Morgan fingerprint density at radius 3 is 2.33 bits per heavy atom. The molecule has 0 radical (unpaired) electrons. The summed E-state index contributed by atoms with van der Waals surface area (Å²) in [6.07, 6.45) is 7.87. The van der Waals surface area contributed by atoms with Crippen molar-refractivity contribution < 1.29 is 4.79 Å². The van der Waals surface area contributed by atoms with Crippen molar-refractivity contribution in [2.45, 2.75) is 51.5 Å². The van der Waals surface area contributed by atoms with Crippen LogP contribution in [0.1, 0.15) is 55.8 Å². The zero-order chi connectivity index (χ0) is 12.8. The molecular formula is C16H23NO. The monoisotopic (exact) mass is 245 g/mol. The summed E-state index contributed by atoms with van der Waals surface area (Å²) < 4.78 is 0. The molecule has 2 rings (SSSR count). The first-order valence-corrected chi connectivity index (χ1v) is 7.13. The third kappa shape index (κ3) is 3.59. The third-order valence-corrected chi connectivity index (χ3v) is 4.00. The van der Waals surface area contributed by atoms with Crippen LogP contribution >= 0.6 is 0 Å². The van der Waals surface area contributed by atoms with E-state index in [0.717, 1.165) is 5.56 Å². The van der Waals surface area contributed by atoms with Gasteiger partial charge in [-0.2, -0.15) is 0 Å². The van der Waals surface area contributed by atoms with E-state index in [0.29, 0.717) is 5.92 Å². The lowest BCUT2D eigenvalue weighted by Gasteiger charge is -2.23. The molecule has 0 saturated heterocycles. The van der Waals surface area contributed by atoms with Crippen LogP contribution in [0.2, 0.25) is 0 Å². The zero-order valence-electron chi connectivity index (χ0n) is 11.2. The van der Waals surface area contributed by atoms with Crippen molar-refractivity contribution >= 4 is 5.91 Å². The number of hydrogen-bond donors (Lipinski definition) is 1. The van der Waals surface area contributed by atoms with E-state index < -0.39 is 0 Å². The largest absolute Gasteiger partial charge is 0.349 e. The summed E-state index contributed by atoms with van der Waals surface area (Å²) in [6.45, 7) is 2.15. The second-order valence-corrected chi connectivity index (χ2v) is 5.38. The minimum atomic E-state index is 0.0624. The first-order valence-electron chi connectivity index (χ1n) is 7.13. The van der Waals surface area contributed by atoms with E-state index in [4.69, 9.17) is 0 Å². The molecule has 1 amide bonds. The molecule has 18 heavy (non-hydrogen) atoms. The van der Waals surface area contributed by atoms with E-state index in [-0.39, 0.29) is 11.9 Å². The molecule has 2 nitrogen and oxygen atoms in total. The van der Waals surface area contributed by atoms with Crippen LogP contribution in [0, 0.1) is 5.92 Å². The fourth-order valence-electron chi connectivity index (χ4n) is 2.81. The third-order valence-electron chi connectivity index (χ3n) is 4.00. The van der Waals surface area contributed by atoms with Gasteiger partial charge in [0.15, 0.2) is 0 Å². The van der Waals surface area contributed by atoms with Gasteiger partial charge in [0.2, 0.25) is 0 Å². The summed E-state index contributed by atoms with van der Waals surface area (Å²) in [5, 5.41) is 3.15. The second-order valence-electron chi connectivity index (χ2n) is 5.38. The molecule has 1 fully saturated rings. The van der Waals surface area contributed by atoms with Crippen LogP contribution in [0.3, 0.4) is 0 Å². The van der Waals surface area contributed by atoms with Crippen molar-refractivity contribution in [1.82, 2.24) is 5.32 Å². The molecule has 1 aliphatic rings. The van der Waals surface area contributed by atoms with Crippen molar-refractivity contribution in [3.63, 3.8) is 0 Å². The molecule has 2 heteroatoms. The van der Waals surface area contributed by atoms with Crippen molar-refractivity contribution in [3.05, 3.63) is 35.9 Å². The van der Waals surface area contributed by atoms with E-state index >= 15 is 0 Å². The van der Waals surface area contributed by atoms with Gasteiger partial charge in [-0.15, -0.1) is 0 Å². The molecule has 1 aromatic carbocycles. The number of nitrogens with one attached hydrogen (secondary N) is 1. The predicted octanol–water partition coefficient (Wildman–Crippen LogP) is 3.78. The van der Waals surface area contributed by atoms with Gasteiger partial charge in [0.05, 0.1) is 0 Å². The second kappa shape index (κ2) is 6.58. The molecular weight excluding hydrogens is 222 g/mol. The van der Waals surface area contributed by atoms with Crippen LogP contribution in [-0.2, 0) is 0 Å². The van der Waals surface area contributed by atoms with Gasteiger partial charge >= 0.3 is 0 Å². The molecule has 0 heterocycles. The summed E-state index contributed by atoms with van der Waals surface area (Å²) in [4.78, 5) is 12.1. The molecule has 0 aromatic heterocycles. The van der Waals surface area contributed by atoms with E-state index in [2.05, 4.69) is 12.2 Å². The Bertz CT molecular complexity index is 366. The number of rotatable bonds is 3. The maximum atomic E-state index is 12.1. The van der Waals surface area contributed by atoms with Crippen molar-refractivity contribution in [3.8, 4) is 0 Å². The van der Waals surface area contributed by atoms with Crippen LogP contribution in [-0.4, -0.2) is 11.9 Å². The van der Waals surface area contributed by atoms with Crippen molar-refractivity contribution in [2.75, 3.05) is 0 Å². The molecule has 1 aromatic rings. The average molecular weight is 245 g/mol. The Labute approximate surface area is 110 Å². The van der Waals surface area contributed by atoms with E-state index in [1.165, 1.54) is 38.5 Å². The smallest absolute Gasteiger partial charge is 0.251 e. The molecule has 1 aliphatic carbocycles. The number of amides is 1. The molecule has 0 spiro atoms. The first-order chi connectivity index (χ1) is 8.77. The standard InChI is InChI=1S/C16H23NO/c1-13(14-9-5-2-3-6-10-14)17-16(18)15-11-7-4-8-12-15/h4,7-8,11-14H,2-3,5-6,9-10H2,1H3,(H,17,18)/t13-/m1/s1. The molecule has 98 valence electrons. The van der Waals surface area contributed by atoms with Gasteiger partial charge in [-0.05, 0) is 37.8 Å². The lowest BCUT2D eigenvalue weighted by molar-refractivity contribution is 0.0924. The van der Waals surface area contributed by atoms with Gasteiger partial charge in [0.1, 0.15) is 0 Å². The predicted molar refractivity (Wildman–Crippen MR) is 74.6 cm³/mol. The van der Waals surface area contributed by atoms with E-state index in [1.807, 2.05) is 30.3 Å². The van der Waals surface area contributed by atoms with Crippen molar-refractivity contribution in [1.29, 1.82) is 0 Å². The topological polar surface area (TPSA) is 29.1 Å². The number of carbonyl (C=O) groups is 1. The van der Waals surface area contributed by atoms with Crippen LogP contribution in [0.15, 0.2) is 30.3 Å². The molecule has 0 aliphatic heterocycles. The fraction of sp³-hybridized carbons (Fsp3) is 0.562. The normalized spacial score (nSPS) is 18.9. The molecule has 1 N–H and O–H groups in total. The Morgan fingerprint density at radius 2 is 1.72 bits per heavy atom. The number of hydrogen-bond acceptors (Lipinski definition) is 1. The van der Waals surface area contributed by atoms with Gasteiger partial charge in [-0.1, -0.05) is 43.9 Å². The average Bonchev–Trinajstić information content (AvgIpc) is 2.68. The summed E-state index contributed by atoms with van der Waals surface area (Å²) >= 11 is 0. The maximum absolute atomic E-state index is 12.1. The minimum Gasteiger partial charge on any atom is -0.349 e. The first kappa shape index (κ1) is 13.1. The highest BCUT2D eigenvalue weighted by Crippen LogP contribution is 2.25.